The molecule has 32 heavy (non-hydrogen) atoms. The van der Waals surface area contributed by atoms with Gasteiger partial charge in [-0.1, -0.05) is 60.7 Å². The number of nitrogens with one attached hydrogen (secondary N) is 1. The molecular weight excluding hydrogens is 402 g/mol. The molecule has 0 radical (unpaired) electrons. The quantitative estimate of drug-likeness (QED) is 0.530. The first-order valence-electron chi connectivity index (χ1n) is 11.0. The van der Waals surface area contributed by atoms with E-state index in [4.69, 9.17) is 14.2 Å². The predicted molar refractivity (Wildman–Crippen MR) is 125 cm³/mol. The minimum absolute atomic E-state index is 0.0184. The summed E-state index contributed by atoms with van der Waals surface area (Å²) in [6.45, 7) is 1.76. The van der Waals surface area contributed by atoms with Crippen molar-refractivity contribution in [1.29, 1.82) is 0 Å². The molecule has 0 aliphatic carbocycles. The molecular formula is C27H29NO4. The third-order valence-electron chi connectivity index (χ3n) is 5.59. The number of carbonyl (C=O) groups excluding carboxylic acids is 1. The van der Waals surface area contributed by atoms with Crippen molar-refractivity contribution in [3.8, 4) is 22.6 Å². The van der Waals surface area contributed by atoms with E-state index in [1.807, 2.05) is 48.5 Å². The maximum Gasteiger partial charge on any atom is 0.224 e. The summed E-state index contributed by atoms with van der Waals surface area (Å²) in [6, 6.07) is 24.1. The monoisotopic (exact) mass is 431 g/mol. The third-order valence-corrected chi connectivity index (χ3v) is 5.59. The zero-order chi connectivity index (χ0) is 22.2. The van der Waals surface area contributed by atoms with Gasteiger partial charge in [0.15, 0.2) is 11.5 Å². The Hall–Kier alpha value is -3.31. The van der Waals surface area contributed by atoms with E-state index in [1.54, 1.807) is 7.11 Å². The van der Waals surface area contributed by atoms with Crippen LogP contribution in [0, 0.1) is 0 Å². The Morgan fingerprint density at radius 1 is 0.969 bits per heavy atom. The second-order valence-corrected chi connectivity index (χ2v) is 7.95. The Kier molecular flexibility index (Phi) is 7.41. The van der Waals surface area contributed by atoms with Crippen molar-refractivity contribution in [3.63, 3.8) is 0 Å². The number of methoxy groups -OCH3 is 1. The van der Waals surface area contributed by atoms with Crippen LogP contribution >= 0.6 is 0 Å². The molecule has 1 N–H and O–H groups in total. The molecule has 4 rings (SSSR count). The molecule has 1 aliphatic rings. The number of ether oxygens (including phenoxy) is 3. The average molecular weight is 432 g/mol. The fraction of sp³-hybridized carbons (Fsp3) is 0.296. The fourth-order valence-electron chi connectivity index (χ4n) is 3.79. The van der Waals surface area contributed by atoms with Crippen LogP contribution in [0.1, 0.15) is 24.0 Å². The Bertz CT molecular complexity index is 1010. The van der Waals surface area contributed by atoms with Crippen LogP contribution in [0.25, 0.3) is 11.1 Å². The van der Waals surface area contributed by atoms with E-state index >= 15 is 0 Å². The lowest BCUT2D eigenvalue weighted by Gasteiger charge is -2.15. The summed E-state index contributed by atoms with van der Waals surface area (Å²) in [7, 11) is 1.62. The Morgan fingerprint density at radius 2 is 1.72 bits per heavy atom. The second-order valence-electron chi connectivity index (χ2n) is 7.95. The minimum Gasteiger partial charge on any atom is -0.493 e. The highest BCUT2D eigenvalue weighted by atomic mass is 16.5. The smallest absolute Gasteiger partial charge is 0.224 e. The van der Waals surface area contributed by atoms with E-state index in [0.29, 0.717) is 31.1 Å². The van der Waals surface area contributed by atoms with Gasteiger partial charge >= 0.3 is 0 Å². The molecule has 0 aromatic heterocycles. The molecule has 1 aliphatic heterocycles. The standard InChI is InChI=1S/C27H29NO4/c1-30-26-16-21(11-14-25(26)32-19-24-8-5-15-31-24)18-28-27(29)17-20-9-12-23(13-10-20)22-6-3-2-4-7-22/h2-4,6-7,9-14,16,24H,5,8,15,17-19H2,1H3,(H,28,29). The normalized spacial score (nSPS) is 15.3. The molecule has 1 unspecified atom stereocenters. The maximum atomic E-state index is 12.4. The van der Waals surface area contributed by atoms with Crippen LogP contribution in [0.2, 0.25) is 0 Å². The summed E-state index contributed by atoms with van der Waals surface area (Å²) in [6.07, 6.45) is 2.61. The lowest BCUT2D eigenvalue weighted by molar-refractivity contribution is -0.120. The van der Waals surface area contributed by atoms with Crippen LogP contribution in [0.3, 0.4) is 0 Å². The Morgan fingerprint density at radius 3 is 2.44 bits per heavy atom. The first-order chi connectivity index (χ1) is 15.7. The van der Waals surface area contributed by atoms with Crippen molar-refractivity contribution in [3.05, 3.63) is 83.9 Å². The van der Waals surface area contributed by atoms with Crippen molar-refractivity contribution in [2.45, 2.75) is 31.9 Å². The van der Waals surface area contributed by atoms with Crippen LogP contribution in [-0.2, 0) is 22.5 Å². The van der Waals surface area contributed by atoms with Crippen LogP contribution < -0.4 is 14.8 Å². The van der Waals surface area contributed by atoms with E-state index < -0.39 is 0 Å². The van der Waals surface area contributed by atoms with Crippen LogP contribution in [0.4, 0.5) is 0 Å². The number of rotatable bonds is 9. The van der Waals surface area contributed by atoms with Gasteiger partial charge < -0.3 is 19.5 Å². The number of amides is 1. The van der Waals surface area contributed by atoms with Gasteiger partial charge in [-0.2, -0.15) is 0 Å². The van der Waals surface area contributed by atoms with Gasteiger partial charge in [0, 0.05) is 13.2 Å². The van der Waals surface area contributed by atoms with Crippen LogP contribution in [0.5, 0.6) is 11.5 Å². The molecule has 3 aromatic carbocycles. The maximum absolute atomic E-state index is 12.4. The van der Waals surface area contributed by atoms with Crippen molar-refractivity contribution < 1.29 is 19.0 Å². The predicted octanol–water partition coefficient (Wildman–Crippen LogP) is 4.78. The van der Waals surface area contributed by atoms with Gasteiger partial charge in [0.1, 0.15) is 6.61 Å². The topological polar surface area (TPSA) is 56.8 Å². The summed E-state index contributed by atoms with van der Waals surface area (Å²) in [5.41, 5.74) is 4.25. The summed E-state index contributed by atoms with van der Waals surface area (Å²) < 4.78 is 16.9. The average Bonchev–Trinajstić information content (AvgIpc) is 3.36. The molecule has 0 saturated carbocycles. The molecule has 1 saturated heterocycles. The summed E-state index contributed by atoms with van der Waals surface area (Å²) in [5, 5.41) is 2.99. The molecule has 1 atom stereocenters. The van der Waals surface area contributed by atoms with Gasteiger partial charge in [-0.3, -0.25) is 4.79 Å². The van der Waals surface area contributed by atoms with Gasteiger partial charge in [0.25, 0.3) is 0 Å². The number of hydrogen-bond acceptors (Lipinski definition) is 4. The van der Waals surface area contributed by atoms with Gasteiger partial charge in [-0.15, -0.1) is 0 Å². The lowest BCUT2D eigenvalue weighted by Crippen LogP contribution is -2.24. The summed E-state index contributed by atoms with van der Waals surface area (Å²) in [4.78, 5) is 12.4. The zero-order valence-electron chi connectivity index (χ0n) is 18.4. The molecule has 1 fully saturated rings. The van der Waals surface area contributed by atoms with Crippen LogP contribution in [0.15, 0.2) is 72.8 Å². The minimum atomic E-state index is -0.0184. The van der Waals surface area contributed by atoms with Gasteiger partial charge in [-0.05, 0) is 47.2 Å². The SMILES string of the molecule is COc1cc(CNC(=O)Cc2ccc(-c3ccccc3)cc2)ccc1OCC1CCCO1. The van der Waals surface area contributed by atoms with Gasteiger partial charge in [-0.25, -0.2) is 0 Å². The van der Waals surface area contributed by atoms with E-state index in [-0.39, 0.29) is 12.0 Å². The largest absolute Gasteiger partial charge is 0.493 e. The summed E-state index contributed by atoms with van der Waals surface area (Å²) >= 11 is 0. The van der Waals surface area contributed by atoms with Crippen molar-refractivity contribution >= 4 is 5.91 Å². The van der Waals surface area contributed by atoms with Crippen LogP contribution in [-0.4, -0.2) is 32.3 Å². The molecule has 5 heteroatoms. The molecule has 0 spiro atoms. The fourth-order valence-corrected chi connectivity index (χ4v) is 3.79. The number of benzene rings is 3. The molecule has 3 aromatic rings. The van der Waals surface area contributed by atoms with E-state index in [9.17, 15) is 4.79 Å². The molecule has 0 bridgehead atoms. The van der Waals surface area contributed by atoms with Crippen molar-refractivity contribution in [2.75, 3.05) is 20.3 Å². The first kappa shape index (κ1) is 21.9. The molecule has 1 heterocycles. The van der Waals surface area contributed by atoms with E-state index in [2.05, 4.69) is 29.6 Å². The zero-order valence-corrected chi connectivity index (χ0v) is 18.4. The van der Waals surface area contributed by atoms with Gasteiger partial charge in [0.05, 0.1) is 19.6 Å². The number of carbonyl (C=O) groups is 1. The molecule has 1 amide bonds. The van der Waals surface area contributed by atoms with E-state index in [0.717, 1.165) is 36.1 Å². The first-order valence-corrected chi connectivity index (χ1v) is 11.0. The van der Waals surface area contributed by atoms with Crippen molar-refractivity contribution in [1.82, 2.24) is 5.32 Å². The van der Waals surface area contributed by atoms with Gasteiger partial charge in [0.2, 0.25) is 5.91 Å². The number of hydrogen-bond donors (Lipinski definition) is 1. The molecule has 166 valence electrons. The highest BCUT2D eigenvalue weighted by Crippen LogP contribution is 2.29. The van der Waals surface area contributed by atoms with Crippen molar-refractivity contribution in [2.24, 2.45) is 0 Å². The Balaban J connectivity index is 1.28. The highest BCUT2D eigenvalue weighted by Gasteiger charge is 2.17. The third kappa shape index (κ3) is 5.89. The molecule has 5 nitrogen and oxygen atoms in total. The second kappa shape index (κ2) is 10.8. The van der Waals surface area contributed by atoms with E-state index in [1.165, 1.54) is 5.56 Å². The summed E-state index contributed by atoms with van der Waals surface area (Å²) in [5.74, 6) is 1.33. The highest BCUT2D eigenvalue weighted by molar-refractivity contribution is 5.79. The lowest BCUT2D eigenvalue weighted by atomic mass is 10.0. The Labute approximate surface area is 189 Å².